The first-order valence-electron chi connectivity index (χ1n) is 9.60. The second kappa shape index (κ2) is 12.7. The van der Waals surface area contributed by atoms with Gasteiger partial charge in [-0.3, -0.25) is 0 Å². The Hall–Kier alpha value is -0.0400. The third-order valence-corrected chi connectivity index (χ3v) is 4.93. The first kappa shape index (κ1) is 18.0. The number of nitrogens with one attached hydrogen (secondary N) is 1. The molecule has 0 radical (unpaired) electrons. The maximum absolute atomic E-state index is 3.81. The third-order valence-electron chi connectivity index (χ3n) is 4.93. The fourth-order valence-corrected chi connectivity index (χ4v) is 3.65. The maximum Gasteiger partial charge on any atom is 0.00696 e. The van der Waals surface area contributed by atoms with E-state index in [4.69, 9.17) is 0 Å². The number of hydrogen-bond acceptors (Lipinski definition) is 1. The van der Waals surface area contributed by atoms with Crippen LogP contribution in [0.2, 0.25) is 0 Å². The summed E-state index contributed by atoms with van der Waals surface area (Å²) in [4.78, 5) is 0. The molecular formula is C19H39N. The normalized spacial score (nSPS) is 17.7. The summed E-state index contributed by atoms with van der Waals surface area (Å²) in [5, 5.41) is 3.81. The standard InChI is InChI=1S/C19H39N/c1-3-5-6-7-8-9-10-15-19(20-16-4-2)17-18-13-11-12-14-18/h18-20H,3-17H2,1-2H3. The third kappa shape index (κ3) is 9.00. The number of hydrogen-bond donors (Lipinski definition) is 1. The summed E-state index contributed by atoms with van der Waals surface area (Å²) in [5.41, 5.74) is 0. The van der Waals surface area contributed by atoms with Gasteiger partial charge in [-0.15, -0.1) is 0 Å². The Morgan fingerprint density at radius 3 is 2.15 bits per heavy atom. The molecule has 1 saturated carbocycles. The van der Waals surface area contributed by atoms with Crippen LogP contribution in [0.15, 0.2) is 0 Å². The van der Waals surface area contributed by atoms with Crippen LogP contribution in [0.3, 0.4) is 0 Å². The van der Waals surface area contributed by atoms with Crippen molar-refractivity contribution in [3.63, 3.8) is 0 Å². The molecule has 0 heterocycles. The zero-order chi connectivity index (χ0) is 14.5. The van der Waals surface area contributed by atoms with Gasteiger partial charge < -0.3 is 5.32 Å². The molecule has 1 aliphatic carbocycles. The molecule has 0 saturated heterocycles. The fourth-order valence-electron chi connectivity index (χ4n) is 3.65. The topological polar surface area (TPSA) is 12.0 Å². The minimum absolute atomic E-state index is 0.814. The van der Waals surface area contributed by atoms with Crippen molar-refractivity contribution in [2.75, 3.05) is 6.54 Å². The van der Waals surface area contributed by atoms with Crippen LogP contribution in [0.4, 0.5) is 0 Å². The molecule has 0 bridgehead atoms. The molecule has 1 unspecified atom stereocenters. The second-order valence-corrected chi connectivity index (χ2v) is 6.95. The van der Waals surface area contributed by atoms with E-state index in [2.05, 4.69) is 19.2 Å². The molecule has 1 N–H and O–H groups in total. The summed E-state index contributed by atoms with van der Waals surface area (Å²) >= 11 is 0. The lowest BCUT2D eigenvalue weighted by Gasteiger charge is -2.22. The van der Waals surface area contributed by atoms with Crippen LogP contribution in [0.5, 0.6) is 0 Å². The highest BCUT2D eigenvalue weighted by Crippen LogP contribution is 2.29. The van der Waals surface area contributed by atoms with E-state index in [9.17, 15) is 0 Å². The average molecular weight is 282 g/mol. The van der Waals surface area contributed by atoms with Crippen molar-refractivity contribution in [2.45, 2.75) is 110 Å². The molecule has 1 fully saturated rings. The van der Waals surface area contributed by atoms with Crippen molar-refractivity contribution in [1.29, 1.82) is 0 Å². The van der Waals surface area contributed by atoms with E-state index < -0.39 is 0 Å². The van der Waals surface area contributed by atoms with Gasteiger partial charge in [0.15, 0.2) is 0 Å². The minimum Gasteiger partial charge on any atom is -0.314 e. The summed E-state index contributed by atoms with van der Waals surface area (Å²) in [6.45, 7) is 5.80. The van der Waals surface area contributed by atoms with Gasteiger partial charge in [0, 0.05) is 6.04 Å². The van der Waals surface area contributed by atoms with E-state index in [1.54, 1.807) is 0 Å². The highest BCUT2D eigenvalue weighted by molar-refractivity contribution is 4.75. The van der Waals surface area contributed by atoms with Gasteiger partial charge in [-0.1, -0.05) is 84.5 Å². The molecule has 120 valence electrons. The average Bonchev–Trinajstić information content (AvgIpc) is 2.96. The molecule has 1 aliphatic rings. The van der Waals surface area contributed by atoms with E-state index in [1.165, 1.54) is 96.4 Å². The van der Waals surface area contributed by atoms with Gasteiger partial charge in [-0.05, 0) is 31.7 Å². The second-order valence-electron chi connectivity index (χ2n) is 6.95. The van der Waals surface area contributed by atoms with E-state index in [0.29, 0.717) is 0 Å². The molecule has 1 atom stereocenters. The largest absolute Gasteiger partial charge is 0.314 e. The van der Waals surface area contributed by atoms with Crippen LogP contribution in [0, 0.1) is 5.92 Å². The Morgan fingerprint density at radius 1 is 0.850 bits per heavy atom. The zero-order valence-electron chi connectivity index (χ0n) is 14.3. The van der Waals surface area contributed by atoms with Crippen molar-refractivity contribution in [3.05, 3.63) is 0 Å². The van der Waals surface area contributed by atoms with Crippen molar-refractivity contribution < 1.29 is 0 Å². The van der Waals surface area contributed by atoms with Gasteiger partial charge >= 0.3 is 0 Å². The Balaban J connectivity index is 2.06. The van der Waals surface area contributed by atoms with Gasteiger partial charge in [0.2, 0.25) is 0 Å². The Labute approximate surface area is 128 Å². The van der Waals surface area contributed by atoms with Gasteiger partial charge in [-0.2, -0.15) is 0 Å². The predicted octanol–water partition coefficient (Wildman–Crippen LogP) is 6.08. The number of unbranched alkanes of at least 4 members (excludes halogenated alkanes) is 6. The van der Waals surface area contributed by atoms with Crippen molar-refractivity contribution in [1.82, 2.24) is 5.32 Å². The molecule has 20 heavy (non-hydrogen) atoms. The summed E-state index contributed by atoms with van der Waals surface area (Å²) in [6.07, 6.45) is 20.2. The van der Waals surface area contributed by atoms with Crippen LogP contribution in [-0.4, -0.2) is 12.6 Å². The number of rotatable bonds is 13. The molecule has 1 rings (SSSR count). The molecule has 0 aromatic rings. The van der Waals surface area contributed by atoms with Crippen molar-refractivity contribution in [3.8, 4) is 0 Å². The SMILES string of the molecule is CCCCCCCCCC(CC1CCCC1)NCCC. The smallest absolute Gasteiger partial charge is 0.00696 e. The summed E-state index contributed by atoms with van der Waals surface area (Å²) in [5.74, 6) is 1.04. The van der Waals surface area contributed by atoms with Crippen LogP contribution in [-0.2, 0) is 0 Å². The van der Waals surface area contributed by atoms with Crippen LogP contribution < -0.4 is 5.32 Å². The predicted molar refractivity (Wildman–Crippen MR) is 91.3 cm³/mol. The Morgan fingerprint density at radius 2 is 1.50 bits per heavy atom. The van der Waals surface area contributed by atoms with Crippen molar-refractivity contribution in [2.24, 2.45) is 5.92 Å². The van der Waals surface area contributed by atoms with E-state index >= 15 is 0 Å². The van der Waals surface area contributed by atoms with E-state index in [-0.39, 0.29) is 0 Å². The van der Waals surface area contributed by atoms with E-state index in [1.807, 2.05) is 0 Å². The maximum atomic E-state index is 3.81. The fraction of sp³-hybridized carbons (Fsp3) is 1.00. The Bertz CT molecular complexity index is 196. The molecule has 0 aliphatic heterocycles. The van der Waals surface area contributed by atoms with Crippen molar-refractivity contribution >= 4 is 0 Å². The molecule has 1 heteroatoms. The minimum atomic E-state index is 0.814. The van der Waals surface area contributed by atoms with Gasteiger partial charge in [0.1, 0.15) is 0 Å². The molecule has 0 amide bonds. The monoisotopic (exact) mass is 281 g/mol. The van der Waals surface area contributed by atoms with Gasteiger partial charge in [0.25, 0.3) is 0 Å². The first-order chi connectivity index (χ1) is 9.86. The summed E-state index contributed by atoms with van der Waals surface area (Å²) in [6, 6.07) is 0.814. The van der Waals surface area contributed by atoms with Crippen LogP contribution >= 0.6 is 0 Å². The molecule has 0 aromatic heterocycles. The highest BCUT2D eigenvalue weighted by Gasteiger charge is 2.19. The molecule has 0 spiro atoms. The zero-order valence-corrected chi connectivity index (χ0v) is 14.3. The lowest BCUT2D eigenvalue weighted by Crippen LogP contribution is -2.31. The first-order valence-corrected chi connectivity index (χ1v) is 9.60. The van der Waals surface area contributed by atoms with Crippen LogP contribution in [0.25, 0.3) is 0 Å². The van der Waals surface area contributed by atoms with Gasteiger partial charge in [0.05, 0.1) is 0 Å². The lowest BCUT2D eigenvalue weighted by atomic mass is 9.94. The van der Waals surface area contributed by atoms with E-state index in [0.717, 1.165) is 12.0 Å². The molecule has 1 nitrogen and oxygen atoms in total. The van der Waals surface area contributed by atoms with Crippen LogP contribution in [0.1, 0.15) is 104 Å². The lowest BCUT2D eigenvalue weighted by molar-refractivity contribution is 0.360. The van der Waals surface area contributed by atoms with Gasteiger partial charge in [-0.25, -0.2) is 0 Å². The summed E-state index contributed by atoms with van der Waals surface area (Å²) in [7, 11) is 0. The highest BCUT2D eigenvalue weighted by atomic mass is 14.9. The Kier molecular flexibility index (Phi) is 11.4. The molecule has 0 aromatic carbocycles. The summed E-state index contributed by atoms with van der Waals surface area (Å²) < 4.78 is 0. The molecular weight excluding hydrogens is 242 g/mol. The quantitative estimate of drug-likeness (QED) is 0.404.